The standard InChI is InChI=1S/C19H23N3O6/c1-12(2)19(4,10-20)21-17(23)8-25-18(24)9-28-22-13(3)14-5-6-15-16(7-14)27-11-26-15/h5-7,12H,8-9,11H2,1-4H3,(H,21,23)/b22-13-/t19-/m1/s1. The molecule has 1 heterocycles. The number of nitrogens with one attached hydrogen (secondary N) is 1. The van der Waals surface area contributed by atoms with Crippen LogP contribution in [0.3, 0.4) is 0 Å². The summed E-state index contributed by atoms with van der Waals surface area (Å²) < 4.78 is 15.4. The van der Waals surface area contributed by atoms with Gasteiger partial charge >= 0.3 is 5.97 Å². The van der Waals surface area contributed by atoms with Gasteiger partial charge in [-0.05, 0) is 38.0 Å². The van der Waals surface area contributed by atoms with Crippen LogP contribution in [0.2, 0.25) is 0 Å². The first-order valence-electron chi connectivity index (χ1n) is 8.69. The summed E-state index contributed by atoms with van der Waals surface area (Å²) >= 11 is 0. The Labute approximate surface area is 163 Å². The Morgan fingerprint density at radius 2 is 2.04 bits per heavy atom. The van der Waals surface area contributed by atoms with Crippen LogP contribution in [-0.2, 0) is 19.2 Å². The summed E-state index contributed by atoms with van der Waals surface area (Å²) in [6.07, 6.45) is 0. The van der Waals surface area contributed by atoms with Gasteiger partial charge in [0.2, 0.25) is 13.4 Å². The van der Waals surface area contributed by atoms with E-state index in [0.29, 0.717) is 17.2 Å². The van der Waals surface area contributed by atoms with Crippen LogP contribution in [0, 0.1) is 17.2 Å². The van der Waals surface area contributed by atoms with Crippen molar-refractivity contribution in [2.75, 3.05) is 20.0 Å². The molecule has 9 nitrogen and oxygen atoms in total. The Morgan fingerprint density at radius 3 is 2.71 bits per heavy atom. The molecule has 0 aliphatic carbocycles. The largest absolute Gasteiger partial charge is 0.454 e. The highest BCUT2D eigenvalue weighted by atomic mass is 16.7. The van der Waals surface area contributed by atoms with Crippen molar-refractivity contribution in [3.05, 3.63) is 23.8 Å². The van der Waals surface area contributed by atoms with Crippen molar-refractivity contribution in [3.63, 3.8) is 0 Å². The number of hydrogen-bond acceptors (Lipinski definition) is 8. The number of nitriles is 1. The number of nitrogens with zero attached hydrogens (tertiary/aromatic N) is 2. The van der Waals surface area contributed by atoms with E-state index in [1.165, 1.54) is 0 Å². The number of amides is 1. The number of benzene rings is 1. The number of ether oxygens (including phenoxy) is 3. The van der Waals surface area contributed by atoms with E-state index in [4.69, 9.17) is 19.0 Å². The van der Waals surface area contributed by atoms with Gasteiger partial charge in [-0.2, -0.15) is 5.26 Å². The van der Waals surface area contributed by atoms with Crippen molar-refractivity contribution in [2.24, 2.45) is 11.1 Å². The second-order valence-corrected chi connectivity index (χ2v) is 6.70. The summed E-state index contributed by atoms with van der Waals surface area (Å²) in [5.41, 5.74) is 0.249. The van der Waals surface area contributed by atoms with E-state index in [2.05, 4.69) is 10.5 Å². The predicted molar refractivity (Wildman–Crippen MR) is 98.7 cm³/mol. The highest BCUT2D eigenvalue weighted by molar-refractivity contribution is 5.99. The van der Waals surface area contributed by atoms with Gasteiger partial charge in [-0.15, -0.1) is 0 Å². The maximum absolute atomic E-state index is 11.9. The Morgan fingerprint density at radius 1 is 1.32 bits per heavy atom. The molecule has 1 aromatic rings. The minimum absolute atomic E-state index is 0.103. The Balaban J connectivity index is 1.77. The van der Waals surface area contributed by atoms with Gasteiger partial charge in [-0.3, -0.25) is 4.79 Å². The average Bonchev–Trinajstić information content (AvgIpc) is 3.13. The van der Waals surface area contributed by atoms with Crippen LogP contribution in [0.4, 0.5) is 0 Å². The molecule has 150 valence electrons. The van der Waals surface area contributed by atoms with Crippen molar-refractivity contribution in [1.29, 1.82) is 5.26 Å². The molecule has 1 aliphatic heterocycles. The van der Waals surface area contributed by atoms with E-state index in [1.807, 2.05) is 19.9 Å². The third-order valence-electron chi connectivity index (χ3n) is 4.32. The molecule has 28 heavy (non-hydrogen) atoms. The number of carbonyl (C=O) groups excluding carboxylic acids is 2. The lowest BCUT2D eigenvalue weighted by Crippen LogP contribution is -2.50. The number of rotatable bonds is 8. The zero-order valence-corrected chi connectivity index (χ0v) is 16.3. The van der Waals surface area contributed by atoms with Gasteiger partial charge in [0.25, 0.3) is 5.91 Å². The van der Waals surface area contributed by atoms with Crippen LogP contribution in [0.15, 0.2) is 23.4 Å². The van der Waals surface area contributed by atoms with Gasteiger partial charge in [0.05, 0.1) is 11.8 Å². The van der Waals surface area contributed by atoms with Gasteiger partial charge in [0, 0.05) is 5.56 Å². The van der Waals surface area contributed by atoms with Crippen LogP contribution < -0.4 is 14.8 Å². The molecular weight excluding hydrogens is 366 g/mol. The van der Waals surface area contributed by atoms with Crippen molar-refractivity contribution in [1.82, 2.24) is 5.32 Å². The molecule has 1 atom stereocenters. The van der Waals surface area contributed by atoms with Crippen molar-refractivity contribution in [2.45, 2.75) is 33.2 Å². The van der Waals surface area contributed by atoms with E-state index in [1.54, 1.807) is 32.0 Å². The number of fused-ring (bicyclic) bond motifs is 1. The zero-order chi connectivity index (χ0) is 20.7. The topological polar surface area (TPSA) is 119 Å². The molecule has 0 aromatic heterocycles. The van der Waals surface area contributed by atoms with Gasteiger partial charge in [-0.25, -0.2) is 4.79 Å². The first kappa shape index (κ1) is 21.0. The smallest absolute Gasteiger partial charge is 0.347 e. The quantitative estimate of drug-likeness (QED) is 0.409. The van der Waals surface area contributed by atoms with Crippen LogP contribution in [0.5, 0.6) is 11.5 Å². The second-order valence-electron chi connectivity index (χ2n) is 6.70. The first-order chi connectivity index (χ1) is 13.2. The van der Waals surface area contributed by atoms with E-state index >= 15 is 0 Å². The van der Waals surface area contributed by atoms with E-state index in [9.17, 15) is 14.9 Å². The highest BCUT2D eigenvalue weighted by Crippen LogP contribution is 2.32. The molecule has 0 saturated carbocycles. The molecule has 1 aliphatic rings. The van der Waals surface area contributed by atoms with Crippen molar-refractivity contribution < 1.29 is 28.6 Å². The van der Waals surface area contributed by atoms with E-state index in [-0.39, 0.29) is 12.7 Å². The fourth-order valence-corrected chi connectivity index (χ4v) is 2.17. The lowest BCUT2D eigenvalue weighted by Gasteiger charge is -2.27. The summed E-state index contributed by atoms with van der Waals surface area (Å²) in [6.45, 7) is 6.16. The summed E-state index contributed by atoms with van der Waals surface area (Å²) in [6, 6.07) is 7.35. The van der Waals surface area contributed by atoms with Gasteiger partial charge in [0.15, 0.2) is 18.1 Å². The minimum Gasteiger partial charge on any atom is -0.454 e. The van der Waals surface area contributed by atoms with E-state index in [0.717, 1.165) is 5.56 Å². The summed E-state index contributed by atoms with van der Waals surface area (Å²) in [7, 11) is 0. The number of esters is 1. The summed E-state index contributed by atoms with van der Waals surface area (Å²) in [5.74, 6) is -0.145. The van der Waals surface area contributed by atoms with Crippen molar-refractivity contribution in [3.8, 4) is 17.6 Å². The summed E-state index contributed by atoms with van der Waals surface area (Å²) in [4.78, 5) is 28.5. The molecule has 0 spiro atoms. The Bertz CT molecular complexity index is 814. The number of hydrogen-bond donors (Lipinski definition) is 1. The van der Waals surface area contributed by atoms with Crippen LogP contribution >= 0.6 is 0 Å². The predicted octanol–water partition coefficient (Wildman–Crippen LogP) is 1.75. The fourth-order valence-electron chi connectivity index (χ4n) is 2.17. The molecule has 0 saturated heterocycles. The third-order valence-corrected chi connectivity index (χ3v) is 4.32. The monoisotopic (exact) mass is 389 g/mol. The Kier molecular flexibility index (Phi) is 6.82. The highest BCUT2D eigenvalue weighted by Gasteiger charge is 2.30. The zero-order valence-electron chi connectivity index (χ0n) is 16.3. The van der Waals surface area contributed by atoms with Gasteiger partial charge in [-0.1, -0.05) is 19.0 Å². The average molecular weight is 389 g/mol. The second kappa shape index (κ2) is 9.08. The maximum Gasteiger partial charge on any atom is 0.347 e. The van der Waals surface area contributed by atoms with Crippen LogP contribution in [0.25, 0.3) is 0 Å². The molecular formula is C19H23N3O6. The lowest BCUT2D eigenvalue weighted by molar-refractivity contribution is -0.153. The van der Waals surface area contributed by atoms with E-state index < -0.39 is 30.6 Å². The molecule has 1 amide bonds. The van der Waals surface area contributed by atoms with Crippen LogP contribution in [0.1, 0.15) is 33.3 Å². The summed E-state index contributed by atoms with van der Waals surface area (Å²) in [5, 5.41) is 15.6. The molecule has 9 heteroatoms. The maximum atomic E-state index is 11.9. The molecule has 0 bridgehead atoms. The van der Waals surface area contributed by atoms with Gasteiger partial charge in [0.1, 0.15) is 5.54 Å². The molecule has 1 aromatic carbocycles. The van der Waals surface area contributed by atoms with Crippen LogP contribution in [-0.4, -0.2) is 43.1 Å². The normalized spacial score (nSPS) is 14.8. The Hall–Kier alpha value is -3.28. The SMILES string of the molecule is C/C(=N/OCC(=O)OCC(=O)N[C@](C)(C#N)C(C)C)c1ccc2c(c1)OCO2. The van der Waals surface area contributed by atoms with Crippen molar-refractivity contribution >= 4 is 17.6 Å². The third kappa shape index (κ3) is 5.36. The first-order valence-corrected chi connectivity index (χ1v) is 8.69. The lowest BCUT2D eigenvalue weighted by atomic mass is 9.90. The van der Waals surface area contributed by atoms with Gasteiger partial charge < -0.3 is 24.4 Å². The molecule has 2 rings (SSSR count). The molecule has 0 unspecified atom stereocenters. The molecule has 0 fully saturated rings. The number of oxime groups is 1. The molecule has 1 N–H and O–H groups in total. The number of carbonyl (C=O) groups is 2. The minimum atomic E-state index is -1.04. The fraction of sp³-hybridized carbons (Fsp3) is 0.474. The molecule has 0 radical (unpaired) electrons.